The van der Waals surface area contributed by atoms with Crippen LogP contribution in [0.1, 0.15) is 31.0 Å². The summed E-state index contributed by atoms with van der Waals surface area (Å²) in [6, 6.07) is 5.97. The Morgan fingerprint density at radius 1 is 1.57 bits per heavy atom. The van der Waals surface area contributed by atoms with Gasteiger partial charge in [0.1, 0.15) is 11.8 Å². The van der Waals surface area contributed by atoms with Crippen LogP contribution in [-0.4, -0.2) is 10.7 Å². The molecule has 0 amide bonds. The molecule has 0 saturated heterocycles. The quantitative estimate of drug-likeness (QED) is 0.695. The topological polar surface area (TPSA) is 36.7 Å². The van der Waals surface area contributed by atoms with Gasteiger partial charge in [0.05, 0.1) is 0 Å². The average molecular weight is 206 g/mol. The summed E-state index contributed by atoms with van der Waals surface area (Å²) in [7, 11) is 0. The SMILES string of the molecule is CCCCSCc1cccnc1C#N. The largest absolute Gasteiger partial charge is 0.245 e. The molecule has 2 nitrogen and oxygen atoms in total. The van der Waals surface area contributed by atoms with Crippen molar-refractivity contribution in [2.75, 3.05) is 5.75 Å². The van der Waals surface area contributed by atoms with Gasteiger partial charge in [0.25, 0.3) is 0 Å². The Bertz CT molecular complexity index is 317. The van der Waals surface area contributed by atoms with Crippen LogP contribution in [0.4, 0.5) is 0 Å². The van der Waals surface area contributed by atoms with E-state index in [1.54, 1.807) is 6.20 Å². The van der Waals surface area contributed by atoms with E-state index >= 15 is 0 Å². The molecule has 14 heavy (non-hydrogen) atoms. The van der Waals surface area contributed by atoms with Gasteiger partial charge in [0, 0.05) is 11.9 Å². The van der Waals surface area contributed by atoms with Gasteiger partial charge in [-0.1, -0.05) is 19.4 Å². The summed E-state index contributed by atoms with van der Waals surface area (Å²) in [6.07, 6.45) is 4.14. The lowest BCUT2D eigenvalue weighted by atomic mass is 10.2. The maximum Gasteiger partial charge on any atom is 0.144 e. The van der Waals surface area contributed by atoms with Crippen molar-refractivity contribution in [3.8, 4) is 6.07 Å². The Morgan fingerprint density at radius 2 is 2.43 bits per heavy atom. The van der Waals surface area contributed by atoms with Gasteiger partial charge >= 0.3 is 0 Å². The molecular formula is C11H14N2S. The second kappa shape index (κ2) is 6.44. The van der Waals surface area contributed by atoms with Crippen molar-refractivity contribution >= 4 is 11.8 Å². The van der Waals surface area contributed by atoms with Crippen molar-refractivity contribution in [1.29, 1.82) is 5.26 Å². The van der Waals surface area contributed by atoms with E-state index in [1.807, 2.05) is 23.9 Å². The highest BCUT2D eigenvalue weighted by molar-refractivity contribution is 7.98. The molecule has 74 valence electrons. The molecule has 0 aliphatic carbocycles. The molecule has 0 bridgehead atoms. The molecule has 0 aliphatic heterocycles. The number of thioether (sulfide) groups is 1. The monoisotopic (exact) mass is 206 g/mol. The first-order valence-electron chi connectivity index (χ1n) is 4.80. The Morgan fingerprint density at radius 3 is 3.14 bits per heavy atom. The van der Waals surface area contributed by atoms with E-state index in [1.165, 1.54) is 12.8 Å². The highest BCUT2D eigenvalue weighted by Gasteiger charge is 2.01. The first-order valence-corrected chi connectivity index (χ1v) is 5.95. The van der Waals surface area contributed by atoms with Crippen LogP contribution in [0.15, 0.2) is 18.3 Å². The fourth-order valence-electron chi connectivity index (χ4n) is 1.08. The maximum absolute atomic E-state index is 8.80. The minimum absolute atomic E-state index is 0.566. The number of hydrogen-bond acceptors (Lipinski definition) is 3. The summed E-state index contributed by atoms with van der Waals surface area (Å²) >= 11 is 1.87. The van der Waals surface area contributed by atoms with Crippen LogP contribution in [0.5, 0.6) is 0 Å². The highest BCUT2D eigenvalue weighted by atomic mass is 32.2. The number of unbranched alkanes of at least 4 members (excludes halogenated alkanes) is 1. The first kappa shape index (κ1) is 11.1. The van der Waals surface area contributed by atoms with Gasteiger partial charge in [0.2, 0.25) is 0 Å². The van der Waals surface area contributed by atoms with Crippen LogP contribution in [-0.2, 0) is 5.75 Å². The van der Waals surface area contributed by atoms with Gasteiger partial charge in [-0.2, -0.15) is 17.0 Å². The van der Waals surface area contributed by atoms with Gasteiger partial charge in [0.15, 0.2) is 0 Å². The Kier molecular flexibility index (Phi) is 5.09. The predicted octanol–water partition coefficient (Wildman–Crippen LogP) is 2.99. The van der Waals surface area contributed by atoms with Crippen LogP contribution in [0.3, 0.4) is 0 Å². The van der Waals surface area contributed by atoms with E-state index in [2.05, 4.69) is 18.0 Å². The summed E-state index contributed by atoms with van der Waals surface area (Å²) in [6.45, 7) is 2.19. The number of nitrogens with zero attached hydrogens (tertiary/aromatic N) is 2. The third-order valence-corrected chi connectivity index (χ3v) is 2.99. The standard InChI is InChI=1S/C11H14N2S/c1-2-3-7-14-9-10-5-4-6-13-11(10)8-12/h4-6H,2-3,7,9H2,1H3. The minimum Gasteiger partial charge on any atom is -0.245 e. The summed E-state index contributed by atoms with van der Waals surface area (Å²) in [4.78, 5) is 4.02. The molecular weight excluding hydrogens is 192 g/mol. The van der Waals surface area contributed by atoms with Gasteiger partial charge in [-0.05, 0) is 23.8 Å². The number of rotatable bonds is 5. The van der Waals surface area contributed by atoms with Crippen LogP contribution in [0, 0.1) is 11.3 Å². The van der Waals surface area contributed by atoms with Crippen molar-refractivity contribution in [1.82, 2.24) is 4.98 Å². The second-order valence-electron chi connectivity index (χ2n) is 3.03. The van der Waals surface area contributed by atoms with Crippen molar-refractivity contribution in [3.05, 3.63) is 29.6 Å². The van der Waals surface area contributed by atoms with Crippen LogP contribution >= 0.6 is 11.8 Å². The molecule has 0 N–H and O–H groups in total. The summed E-state index contributed by atoms with van der Waals surface area (Å²) in [5.41, 5.74) is 1.62. The molecule has 0 unspecified atom stereocenters. The fraction of sp³-hybridized carbons (Fsp3) is 0.455. The second-order valence-corrected chi connectivity index (χ2v) is 4.13. The average Bonchev–Trinajstić information content (AvgIpc) is 2.25. The van der Waals surface area contributed by atoms with Crippen molar-refractivity contribution in [2.45, 2.75) is 25.5 Å². The zero-order valence-electron chi connectivity index (χ0n) is 8.36. The zero-order chi connectivity index (χ0) is 10.2. The van der Waals surface area contributed by atoms with Crippen molar-refractivity contribution in [2.24, 2.45) is 0 Å². The Hall–Kier alpha value is -1.01. The minimum atomic E-state index is 0.566. The van der Waals surface area contributed by atoms with E-state index in [9.17, 15) is 0 Å². The first-order chi connectivity index (χ1) is 6.88. The number of pyridine rings is 1. The smallest absolute Gasteiger partial charge is 0.144 e. The summed E-state index contributed by atoms with van der Waals surface area (Å²) < 4.78 is 0. The highest BCUT2D eigenvalue weighted by Crippen LogP contribution is 2.15. The van der Waals surface area contributed by atoms with Crippen LogP contribution in [0.25, 0.3) is 0 Å². The van der Waals surface area contributed by atoms with Crippen molar-refractivity contribution < 1.29 is 0 Å². The van der Waals surface area contributed by atoms with E-state index in [4.69, 9.17) is 5.26 Å². The summed E-state index contributed by atoms with van der Waals surface area (Å²) in [5, 5.41) is 8.80. The van der Waals surface area contributed by atoms with Crippen LogP contribution in [0.2, 0.25) is 0 Å². The molecule has 0 atom stereocenters. The number of aromatic nitrogens is 1. The lowest BCUT2D eigenvalue weighted by Gasteiger charge is -2.01. The molecule has 0 radical (unpaired) electrons. The molecule has 1 aromatic heterocycles. The Balaban J connectivity index is 2.46. The lowest BCUT2D eigenvalue weighted by molar-refractivity contribution is 0.896. The molecule has 1 heterocycles. The van der Waals surface area contributed by atoms with Gasteiger partial charge in [-0.25, -0.2) is 4.98 Å². The van der Waals surface area contributed by atoms with Gasteiger partial charge < -0.3 is 0 Å². The molecule has 1 rings (SSSR count). The molecule has 0 spiro atoms. The zero-order valence-corrected chi connectivity index (χ0v) is 9.18. The molecule has 0 aromatic carbocycles. The molecule has 3 heteroatoms. The van der Waals surface area contributed by atoms with E-state index < -0.39 is 0 Å². The summed E-state index contributed by atoms with van der Waals surface area (Å²) in [5.74, 6) is 2.06. The third-order valence-electron chi connectivity index (χ3n) is 1.90. The fourth-order valence-corrected chi connectivity index (χ4v) is 2.17. The molecule has 0 aliphatic rings. The third kappa shape index (κ3) is 3.39. The van der Waals surface area contributed by atoms with E-state index in [-0.39, 0.29) is 0 Å². The number of nitriles is 1. The van der Waals surface area contributed by atoms with Gasteiger partial charge in [-0.3, -0.25) is 0 Å². The predicted molar refractivity (Wildman–Crippen MR) is 60.0 cm³/mol. The van der Waals surface area contributed by atoms with E-state index in [0.29, 0.717) is 5.69 Å². The van der Waals surface area contributed by atoms with E-state index in [0.717, 1.165) is 17.1 Å². The van der Waals surface area contributed by atoms with Crippen molar-refractivity contribution in [3.63, 3.8) is 0 Å². The number of hydrogen-bond donors (Lipinski definition) is 0. The Labute approximate surface area is 89.4 Å². The maximum atomic E-state index is 8.80. The van der Waals surface area contributed by atoms with Gasteiger partial charge in [-0.15, -0.1) is 0 Å². The molecule has 1 aromatic rings. The normalized spacial score (nSPS) is 9.71. The lowest BCUT2D eigenvalue weighted by Crippen LogP contribution is -1.91. The molecule has 0 fully saturated rings. The molecule has 0 saturated carbocycles. The van der Waals surface area contributed by atoms with Crippen LogP contribution < -0.4 is 0 Å².